The van der Waals surface area contributed by atoms with Crippen LogP contribution in [0.3, 0.4) is 0 Å². The number of nitrogens with one attached hydrogen (secondary N) is 1. The van der Waals surface area contributed by atoms with Gasteiger partial charge in [-0.15, -0.1) is 0 Å². The van der Waals surface area contributed by atoms with Crippen molar-refractivity contribution in [2.24, 2.45) is 0 Å². The maximum absolute atomic E-state index is 12.6. The Labute approximate surface area is 167 Å². The van der Waals surface area contributed by atoms with Crippen LogP contribution in [0.2, 0.25) is 5.02 Å². The van der Waals surface area contributed by atoms with Gasteiger partial charge in [0.05, 0.1) is 4.90 Å². The fourth-order valence-corrected chi connectivity index (χ4v) is 5.20. The lowest BCUT2D eigenvalue weighted by Gasteiger charge is -2.16. The highest BCUT2D eigenvalue weighted by Crippen LogP contribution is 2.50. The SMILES string of the molecule is O=C(O)COc1cccc2c1OC1CC(NS(=O)(=O)c3ccc(Cl)cc3)CC21. The van der Waals surface area contributed by atoms with Gasteiger partial charge in [0.25, 0.3) is 0 Å². The third-order valence-electron chi connectivity index (χ3n) is 4.98. The van der Waals surface area contributed by atoms with Gasteiger partial charge in [0.1, 0.15) is 6.10 Å². The molecule has 7 nitrogen and oxygen atoms in total. The first kappa shape index (κ1) is 19.0. The monoisotopic (exact) mass is 423 g/mol. The topological polar surface area (TPSA) is 102 Å². The molecule has 2 aromatic rings. The van der Waals surface area contributed by atoms with Crippen LogP contribution in [-0.2, 0) is 14.8 Å². The lowest BCUT2D eigenvalue weighted by atomic mass is 9.97. The lowest BCUT2D eigenvalue weighted by molar-refractivity contribution is -0.139. The molecule has 3 atom stereocenters. The number of para-hydroxylation sites is 1. The average molecular weight is 424 g/mol. The van der Waals surface area contributed by atoms with E-state index in [9.17, 15) is 13.2 Å². The number of carboxylic acids is 1. The molecule has 1 heterocycles. The summed E-state index contributed by atoms with van der Waals surface area (Å²) in [7, 11) is -3.65. The number of fused-ring (bicyclic) bond motifs is 3. The summed E-state index contributed by atoms with van der Waals surface area (Å²) in [6.45, 7) is -0.446. The Morgan fingerprint density at radius 1 is 1.21 bits per heavy atom. The van der Waals surface area contributed by atoms with E-state index in [0.29, 0.717) is 29.4 Å². The van der Waals surface area contributed by atoms with Crippen molar-refractivity contribution < 1.29 is 27.8 Å². The maximum Gasteiger partial charge on any atom is 0.341 e. The van der Waals surface area contributed by atoms with E-state index in [1.165, 1.54) is 24.3 Å². The normalized spacial score (nSPS) is 23.0. The number of sulfonamides is 1. The maximum atomic E-state index is 12.6. The predicted molar refractivity (Wildman–Crippen MR) is 102 cm³/mol. The highest BCUT2D eigenvalue weighted by molar-refractivity contribution is 7.89. The predicted octanol–water partition coefficient (Wildman–Crippen LogP) is 2.79. The van der Waals surface area contributed by atoms with E-state index < -0.39 is 22.6 Å². The van der Waals surface area contributed by atoms with Crippen LogP contribution < -0.4 is 14.2 Å². The molecule has 2 aromatic carbocycles. The number of hydrogen-bond donors (Lipinski definition) is 2. The highest BCUT2D eigenvalue weighted by Gasteiger charge is 2.45. The molecule has 4 rings (SSSR count). The third kappa shape index (κ3) is 3.67. The van der Waals surface area contributed by atoms with Crippen molar-refractivity contribution >= 4 is 27.6 Å². The Morgan fingerprint density at radius 3 is 2.68 bits per heavy atom. The van der Waals surface area contributed by atoms with Crippen LogP contribution in [0.1, 0.15) is 24.3 Å². The fourth-order valence-electron chi connectivity index (χ4n) is 3.81. The third-order valence-corrected chi connectivity index (χ3v) is 6.77. The molecule has 1 fully saturated rings. The van der Waals surface area contributed by atoms with Crippen LogP contribution in [0.4, 0.5) is 0 Å². The summed E-state index contributed by atoms with van der Waals surface area (Å²) in [4.78, 5) is 10.9. The molecule has 1 aliphatic carbocycles. The van der Waals surface area contributed by atoms with E-state index in [2.05, 4.69) is 4.72 Å². The molecule has 0 aromatic heterocycles. The Bertz CT molecular complexity index is 1010. The molecule has 28 heavy (non-hydrogen) atoms. The second-order valence-electron chi connectivity index (χ2n) is 6.86. The molecular weight excluding hydrogens is 406 g/mol. The van der Waals surface area contributed by atoms with E-state index in [0.717, 1.165) is 5.56 Å². The van der Waals surface area contributed by atoms with E-state index >= 15 is 0 Å². The minimum Gasteiger partial charge on any atom is -0.486 e. The van der Waals surface area contributed by atoms with Gasteiger partial charge in [-0.2, -0.15) is 0 Å². The average Bonchev–Trinajstić information content (AvgIpc) is 3.17. The van der Waals surface area contributed by atoms with Crippen molar-refractivity contribution in [3.05, 3.63) is 53.1 Å². The number of hydrogen-bond acceptors (Lipinski definition) is 5. The number of ether oxygens (including phenoxy) is 2. The van der Waals surface area contributed by atoms with Crippen LogP contribution in [0.25, 0.3) is 0 Å². The van der Waals surface area contributed by atoms with Gasteiger partial charge in [-0.25, -0.2) is 17.9 Å². The Kier molecular flexibility index (Phi) is 4.95. The molecule has 2 aliphatic rings. The molecular formula is C19H18ClNO6S. The van der Waals surface area contributed by atoms with Crippen molar-refractivity contribution in [1.29, 1.82) is 0 Å². The summed E-state index contributed by atoms with van der Waals surface area (Å²) in [5.74, 6) is -0.0842. The Balaban J connectivity index is 1.48. The van der Waals surface area contributed by atoms with Gasteiger partial charge in [-0.3, -0.25) is 0 Å². The Morgan fingerprint density at radius 2 is 1.96 bits per heavy atom. The highest BCUT2D eigenvalue weighted by atomic mass is 35.5. The molecule has 0 radical (unpaired) electrons. The molecule has 3 unspecified atom stereocenters. The molecule has 0 saturated heterocycles. The van der Waals surface area contributed by atoms with Gasteiger partial charge in [0, 0.05) is 29.0 Å². The van der Waals surface area contributed by atoms with Gasteiger partial charge in [0.15, 0.2) is 18.1 Å². The number of halogens is 1. The summed E-state index contributed by atoms with van der Waals surface area (Å²) in [5.41, 5.74) is 0.918. The molecule has 9 heteroatoms. The summed E-state index contributed by atoms with van der Waals surface area (Å²) in [6.07, 6.45) is 0.930. The molecule has 148 valence electrons. The van der Waals surface area contributed by atoms with Gasteiger partial charge >= 0.3 is 5.97 Å². The van der Waals surface area contributed by atoms with E-state index in [1.807, 2.05) is 6.07 Å². The van der Waals surface area contributed by atoms with Crippen molar-refractivity contribution in [3.8, 4) is 11.5 Å². The number of benzene rings is 2. The van der Waals surface area contributed by atoms with Crippen molar-refractivity contribution in [2.45, 2.75) is 35.8 Å². The first-order valence-corrected chi connectivity index (χ1v) is 10.6. The first-order valence-electron chi connectivity index (χ1n) is 8.75. The van der Waals surface area contributed by atoms with Crippen LogP contribution in [0.5, 0.6) is 11.5 Å². The lowest BCUT2D eigenvalue weighted by Crippen LogP contribution is -2.33. The van der Waals surface area contributed by atoms with Gasteiger partial charge in [0.2, 0.25) is 10.0 Å². The van der Waals surface area contributed by atoms with Crippen molar-refractivity contribution in [1.82, 2.24) is 4.72 Å². The zero-order chi connectivity index (χ0) is 19.9. The van der Waals surface area contributed by atoms with Crippen LogP contribution in [-0.4, -0.2) is 38.2 Å². The summed E-state index contributed by atoms with van der Waals surface area (Å²) in [5, 5.41) is 9.27. The van der Waals surface area contributed by atoms with Gasteiger partial charge < -0.3 is 14.6 Å². The molecule has 0 amide bonds. The smallest absolute Gasteiger partial charge is 0.341 e. The zero-order valence-electron chi connectivity index (χ0n) is 14.7. The van der Waals surface area contributed by atoms with Gasteiger partial charge in [-0.05, 0) is 36.8 Å². The number of carboxylic acid groups (broad SMARTS) is 1. The molecule has 1 aliphatic heterocycles. The minimum atomic E-state index is -3.65. The summed E-state index contributed by atoms with van der Waals surface area (Å²) >= 11 is 5.82. The van der Waals surface area contributed by atoms with Crippen LogP contribution in [0, 0.1) is 0 Å². The van der Waals surface area contributed by atoms with E-state index in [4.69, 9.17) is 26.2 Å². The standard InChI is InChI=1S/C19H18ClNO6S/c20-11-4-6-13(7-5-11)28(24,25)21-12-8-15-14-2-1-3-16(26-10-18(22)23)19(14)27-17(15)9-12/h1-7,12,15,17,21H,8-10H2,(H,22,23). The van der Waals surface area contributed by atoms with Crippen LogP contribution >= 0.6 is 11.6 Å². The Hall–Kier alpha value is -2.29. The number of aliphatic carboxylic acids is 1. The first-order chi connectivity index (χ1) is 13.3. The summed E-state index contributed by atoms with van der Waals surface area (Å²) < 4.78 is 39.2. The van der Waals surface area contributed by atoms with Gasteiger partial charge in [-0.1, -0.05) is 23.7 Å². The van der Waals surface area contributed by atoms with E-state index in [-0.39, 0.29) is 23.0 Å². The second-order valence-corrected chi connectivity index (χ2v) is 9.01. The fraction of sp³-hybridized carbons (Fsp3) is 0.316. The molecule has 2 N–H and O–H groups in total. The minimum absolute atomic E-state index is 0.0290. The summed E-state index contributed by atoms with van der Waals surface area (Å²) in [6, 6.07) is 11.1. The molecule has 0 spiro atoms. The number of carbonyl (C=O) groups is 1. The molecule has 0 bridgehead atoms. The van der Waals surface area contributed by atoms with Crippen LogP contribution in [0.15, 0.2) is 47.4 Å². The number of rotatable bonds is 6. The van der Waals surface area contributed by atoms with Crippen molar-refractivity contribution in [2.75, 3.05) is 6.61 Å². The zero-order valence-corrected chi connectivity index (χ0v) is 16.2. The quantitative estimate of drug-likeness (QED) is 0.740. The largest absolute Gasteiger partial charge is 0.486 e. The molecule has 1 saturated carbocycles. The second kappa shape index (κ2) is 7.27. The van der Waals surface area contributed by atoms with Crippen molar-refractivity contribution in [3.63, 3.8) is 0 Å². The van der Waals surface area contributed by atoms with E-state index in [1.54, 1.807) is 12.1 Å².